The van der Waals surface area contributed by atoms with Gasteiger partial charge in [-0.15, -0.1) is 0 Å². The van der Waals surface area contributed by atoms with Gasteiger partial charge in [-0.3, -0.25) is 4.79 Å². The summed E-state index contributed by atoms with van der Waals surface area (Å²) in [5.74, 6) is -0.116. The molecule has 5 heteroatoms. The fourth-order valence-corrected chi connectivity index (χ4v) is 2.79. The SMILES string of the molecule is CCC(CC)(CO)CNC(=O)c1ccc(-n2nc(C)cc2C)cc1. The molecule has 0 aliphatic rings. The molecule has 0 fully saturated rings. The minimum absolute atomic E-state index is 0.0805. The van der Waals surface area contributed by atoms with Gasteiger partial charge in [-0.05, 0) is 57.0 Å². The molecule has 2 aromatic rings. The number of aryl methyl sites for hydroxylation is 2. The van der Waals surface area contributed by atoms with Crippen molar-refractivity contribution in [1.82, 2.24) is 15.1 Å². The third-order valence-electron chi connectivity index (χ3n) is 4.84. The van der Waals surface area contributed by atoms with Crippen molar-refractivity contribution in [2.75, 3.05) is 13.2 Å². The lowest BCUT2D eigenvalue weighted by atomic mass is 9.83. The number of nitrogens with zero attached hydrogens (tertiary/aromatic N) is 2. The molecule has 24 heavy (non-hydrogen) atoms. The van der Waals surface area contributed by atoms with Crippen LogP contribution in [0.25, 0.3) is 5.69 Å². The summed E-state index contributed by atoms with van der Waals surface area (Å²) in [7, 11) is 0. The van der Waals surface area contributed by atoms with Crippen LogP contribution in [0.3, 0.4) is 0 Å². The summed E-state index contributed by atoms with van der Waals surface area (Å²) in [5.41, 5.74) is 3.33. The van der Waals surface area contributed by atoms with Crippen LogP contribution < -0.4 is 5.32 Å². The van der Waals surface area contributed by atoms with Gasteiger partial charge in [-0.1, -0.05) is 13.8 Å². The second-order valence-electron chi connectivity index (χ2n) is 6.43. The molecule has 0 unspecified atom stereocenters. The van der Waals surface area contributed by atoms with Crippen LogP contribution >= 0.6 is 0 Å². The van der Waals surface area contributed by atoms with E-state index in [4.69, 9.17) is 0 Å². The molecule has 0 saturated carbocycles. The van der Waals surface area contributed by atoms with Crippen LogP contribution in [-0.2, 0) is 0 Å². The van der Waals surface area contributed by atoms with Gasteiger partial charge in [0.05, 0.1) is 18.0 Å². The van der Waals surface area contributed by atoms with Crippen LogP contribution in [0.5, 0.6) is 0 Å². The van der Waals surface area contributed by atoms with Crippen LogP contribution in [0.2, 0.25) is 0 Å². The van der Waals surface area contributed by atoms with Gasteiger partial charge in [-0.2, -0.15) is 5.10 Å². The van der Waals surface area contributed by atoms with E-state index >= 15 is 0 Å². The van der Waals surface area contributed by atoms with Gasteiger partial charge in [0.1, 0.15) is 0 Å². The Bertz CT molecular complexity index is 677. The van der Waals surface area contributed by atoms with Crippen LogP contribution in [0.15, 0.2) is 30.3 Å². The van der Waals surface area contributed by atoms with Gasteiger partial charge in [0.2, 0.25) is 0 Å². The van der Waals surface area contributed by atoms with Crippen molar-refractivity contribution in [3.05, 3.63) is 47.3 Å². The Hall–Kier alpha value is -2.14. The first-order chi connectivity index (χ1) is 11.4. The summed E-state index contributed by atoms with van der Waals surface area (Å²) in [6, 6.07) is 9.42. The third-order valence-corrected chi connectivity index (χ3v) is 4.84. The monoisotopic (exact) mass is 329 g/mol. The Balaban J connectivity index is 2.08. The van der Waals surface area contributed by atoms with E-state index in [1.54, 1.807) is 12.1 Å². The molecule has 1 heterocycles. The van der Waals surface area contributed by atoms with E-state index in [0.29, 0.717) is 12.1 Å². The molecule has 1 aromatic heterocycles. The zero-order chi connectivity index (χ0) is 17.7. The average molecular weight is 329 g/mol. The summed E-state index contributed by atoms with van der Waals surface area (Å²) >= 11 is 0. The molecular formula is C19H27N3O2. The molecule has 2 rings (SSSR count). The Labute approximate surface area is 143 Å². The predicted octanol–water partition coefficient (Wildman–Crippen LogP) is 3.02. The smallest absolute Gasteiger partial charge is 0.251 e. The van der Waals surface area contributed by atoms with E-state index in [1.807, 2.05) is 50.6 Å². The Morgan fingerprint density at radius 3 is 2.29 bits per heavy atom. The quantitative estimate of drug-likeness (QED) is 0.820. The molecule has 1 aromatic carbocycles. The van der Waals surface area contributed by atoms with Gasteiger partial charge in [0.25, 0.3) is 5.91 Å². The molecule has 0 radical (unpaired) electrons. The number of aromatic nitrogens is 2. The molecule has 130 valence electrons. The molecular weight excluding hydrogens is 302 g/mol. The normalized spacial score (nSPS) is 11.5. The highest BCUT2D eigenvalue weighted by atomic mass is 16.3. The maximum atomic E-state index is 12.3. The molecule has 2 N–H and O–H groups in total. The number of amides is 1. The molecule has 5 nitrogen and oxygen atoms in total. The number of hydrogen-bond donors (Lipinski definition) is 2. The lowest BCUT2D eigenvalue weighted by Crippen LogP contribution is -2.39. The average Bonchev–Trinajstić information content (AvgIpc) is 2.95. The summed E-state index contributed by atoms with van der Waals surface area (Å²) in [6.07, 6.45) is 1.66. The van der Waals surface area contributed by atoms with Crippen molar-refractivity contribution in [2.45, 2.75) is 40.5 Å². The molecule has 1 amide bonds. The minimum atomic E-state index is -0.237. The number of carbonyl (C=O) groups excluding carboxylic acids is 1. The van der Waals surface area contributed by atoms with Gasteiger partial charge in [0.15, 0.2) is 0 Å². The van der Waals surface area contributed by atoms with Gasteiger partial charge >= 0.3 is 0 Å². The molecule has 0 atom stereocenters. The number of carbonyl (C=O) groups is 1. The number of aliphatic hydroxyl groups excluding tert-OH is 1. The second kappa shape index (κ2) is 7.62. The van der Waals surface area contributed by atoms with E-state index < -0.39 is 0 Å². The standard InChI is InChI=1S/C19H27N3O2/c1-5-19(6-2,13-23)12-20-18(24)16-7-9-17(10-8-16)22-15(4)11-14(3)21-22/h7-11,23H,5-6,12-13H2,1-4H3,(H,20,24). The lowest BCUT2D eigenvalue weighted by Gasteiger charge is -2.29. The zero-order valence-corrected chi connectivity index (χ0v) is 15.0. The second-order valence-corrected chi connectivity index (χ2v) is 6.43. The van der Waals surface area contributed by atoms with Gasteiger partial charge in [0, 0.05) is 23.2 Å². The van der Waals surface area contributed by atoms with Gasteiger partial charge in [-0.25, -0.2) is 4.68 Å². The van der Waals surface area contributed by atoms with Crippen LogP contribution in [0, 0.1) is 19.3 Å². The van der Waals surface area contributed by atoms with Crippen molar-refractivity contribution in [3.63, 3.8) is 0 Å². The number of aliphatic hydroxyl groups is 1. The van der Waals surface area contributed by atoms with Crippen molar-refractivity contribution < 1.29 is 9.90 Å². The van der Waals surface area contributed by atoms with Crippen molar-refractivity contribution in [1.29, 1.82) is 0 Å². The molecule has 0 aliphatic heterocycles. The van der Waals surface area contributed by atoms with Gasteiger partial charge < -0.3 is 10.4 Å². The third kappa shape index (κ3) is 3.85. The van der Waals surface area contributed by atoms with Crippen LogP contribution in [-0.4, -0.2) is 33.9 Å². The van der Waals surface area contributed by atoms with Crippen LogP contribution in [0.1, 0.15) is 48.4 Å². The molecule has 0 saturated heterocycles. The number of hydrogen-bond acceptors (Lipinski definition) is 3. The Morgan fingerprint density at radius 2 is 1.83 bits per heavy atom. The van der Waals surface area contributed by atoms with E-state index in [-0.39, 0.29) is 17.9 Å². The highest BCUT2D eigenvalue weighted by molar-refractivity contribution is 5.94. The number of benzene rings is 1. The predicted molar refractivity (Wildman–Crippen MR) is 95.5 cm³/mol. The Kier molecular flexibility index (Phi) is 5.78. The maximum Gasteiger partial charge on any atom is 0.251 e. The molecule has 0 bridgehead atoms. The summed E-state index contributed by atoms with van der Waals surface area (Å²) < 4.78 is 1.86. The fourth-order valence-electron chi connectivity index (χ4n) is 2.79. The highest BCUT2D eigenvalue weighted by Crippen LogP contribution is 2.24. The summed E-state index contributed by atoms with van der Waals surface area (Å²) in [6.45, 7) is 8.60. The lowest BCUT2D eigenvalue weighted by molar-refractivity contribution is 0.0851. The number of rotatable bonds is 7. The first kappa shape index (κ1) is 18.2. The van der Waals surface area contributed by atoms with Crippen LogP contribution in [0.4, 0.5) is 0 Å². The largest absolute Gasteiger partial charge is 0.396 e. The summed E-state index contributed by atoms with van der Waals surface area (Å²) in [5, 5.41) is 17.0. The molecule has 0 aliphatic carbocycles. The van der Waals surface area contributed by atoms with Crippen molar-refractivity contribution >= 4 is 5.91 Å². The van der Waals surface area contributed by atoms with E-state index in [2.05, 4.69) is 10.4 Å². The first-order valence-electron chi connectivity index (χ1n) is 8.47. The minimum Gasteiger partial charge on any atom is -0.396 e. The molecule has 0 spiro atoms. The number of nitrogens with one attached hydrogen (secondary N) is 1. The fraction of sp³-hybridized carbons (Fsp3) is 0.474. The summed E-state index contributed by atoms with van der Waals surface area (Å²) in [4.78, 5) is 12.3. The van der Waals surface area contributed by atoms with Crippen molar-refractivity contribution in [3.8, 4) is 5.69 Å². The Morgan fingerprint density at radius 1 is 1.21 bits per heavy atom. The topological polar surface area (TPSA) is 67.2 Å². The zero-order valence-electron chi connectivity index (χ0n) is 15.0. The maximum absolute atomic E-state index is 12.3. The highest BCUT2D eigenvalue weighted by Gasteiger charge is 2.25. The van der Waals surface area contributed by atoms with E-state index in [0.717, 1.165) is 29.9 Å². The van der Waals surface area contributed by atoms with Crippen molar-refractivity contribution in [2.24, 2.45) is 5.41 Å². The first-order valence-corrected chi connectivity index (χ1v) is 8.47. The van der Waals surface area contributed by atoms with E-state index in [9.17, 15) is 9.90 Å². The van der Waals surface area contributed by atoms with E-state index in [1.165, 1.54) is 0 Å².